The van der Waals surface area contributed by atoms with Gasteiger partial charge in [-0.15, -0.1) is 0 Å². The van der Waals surface area contributed by atoms with Gasteiger partial charge in [0.2, 0.25) is 0 Å². The second kappa shape index (κ2) is 4.96. The smallest absolute Gasteiger partial charge is 0.196 e. The van der Waals surface area contributed by atoms with Gasteiger partial charge in [-0.3, -0.25) is 4.79 Å². The first kappa shape index (κ1) is 12.2. The summed E-state index contributed by atoms with van der Waals surface area (Å²) in [7, 11) is 1.61. The zero-order valence-electron chi connectivity index (χ0n) is 10.6. The summed E-state index contributed by atoms with van der Waals surface area (Å²) in [5, 5.41) is 0. The van der Waals surface area contributed by atoms with Crippen LogP contribution in [0.25, 0.3) is 11.3 Å². The molecule has 0 radical (unpaired) electrons. The number of rotatable bonds is 3. The minimum absolute atomic E-state index is 0.150. The molecule has 0 saturated heterocycles. The molecule has 2 rings (SSSR count). The summed E-state index contributed by atoms with van der Waals surface area (Å²) in [6.07, 6.45) is 1.58. The molecular formula is C14H14N2O2. The average molecular weight is 242 g/mol. The van der Waals surface area contributed by atoms with Gasteiger partial charge in [0.1, 0.15) is 5.75 Å². The standard InChI is InChI=1S/C14H14N2O2/c1-9-4-5-13(18-3)11(8-9)12-6-7-15-14(16-12)10(2)17/h4-8H,1-3H3. The van der Waals surface area contributed by atoms with Crippen LogP contribution in [-0.4, -0.2) is 22.9 Å². The maximum atomic E-state index is 11.3. The van der Waals surface area contributed by atoms with Gasteiger partial charge in [0.15, 0.2) is 11.6 Å². The normalized spacial score (nSPS) is 10.2. The van der Waals surface area contributed by atoms with E-state index in [0.717, 1.165) is 16.9 Å². The highest BCUT2D eigenvalue weighted by Crippen LogP contribution is 2.29. The Bertz CT molecular complexity index is 594. The van der Waals surface area contributed by atoms with Crippen molar-refractivity contribution in [3.63, 3.8) is 0 Å². The molecule has 18 heavy (non-hydrogen) atoms. The highest BCUT2D eigenvalue weighted by molar-refractivity contribution is 5.90. The number of ether oxygens (including phenoxy) is 1. The molecule has 4 nitrogen and oxygen atoms in total. The number of Topliss-reactive ketones (excluding diaryl/α,β-unsaturated/α-hetero) is 1. The van der Waals surface area contributed by atoms with E-state index >= 15 is 0 Å². The maximum absolute atomic E-state index is 11.3. The van der Waals surface area contributed by atoms with Gasteiger partial charge in [-0.2, -0.15) is 0 Å². The van der Waals surface area contributed by atoms with Crippen LogP contribution >= 0.6 is 0 Å². The van der Waals surface area contributed by atoms with E-state index in [2.05, 4.69) is 9.97 Å². The maximum Gasteiger partial charge on any atom is 0.196 e. The lowest BCUT2D eigenvalue weighted by molar-refractivity contribution is 0.100. The van der Waals surface area contributed by atoms with Crippen LogP contribution in [0.2, 0.25) is 0 Å². The van der Waals surface area contributed by atoms with Gasteiger partial charge in [-0.25, -0.2) is 9.97 Å². The fourth-order valence-electron chi connectivity index (χ4n) is 1.70. The third-order valence-electron chi connectivity index (χ3n) is 2.60. The third-order valence-corrected chi connectivity index (χ3v) is 2.60. The predicted octanol–water partition coefficient (Wildman–Crippen LogP) is 2.66. The first-order valence-electron chi connectivity index (χ1n) is 5.61. The predicted molar refractivity (Wildman–Crippen MR) is 68.8 cm³/mol. The molecule has 0 spiro atoms. The summed E-state index contributed by atoms with van der Waals surface area (Å²) >= 11 is 0. The van der Waals surface area contributed by atoms with Crippen LogP contribution in [0.1, 0.15) is 23.1 Å². The number of methoxy groups -OCH3 is 1. The van der Waals surface area contributed by atoms with Crippen molar-refractivity contribution in [2.75, 3.05) is 7.11 Å². The lowest BCUT2D eigenvalue weighted by atomic mass is 10.1. The largest absolute Gasteiger partial charge is 0.496 e. The Kier molecular flexibility index (Phi) is 3.37. The van der Waals surface area contributed by atoms with Crippen molar-refractivity contribution in [2.24, 2.45) is 0 Å². The summed E-state index contributed by atoms with van der Waals surface area (Å²) in [6.45, 7) is 3.45. The van der Waals surface area contributed by atoms with Gasteiger partial charge in [0, 0.05) is 18.7 Å². The number of ketones is 1. The van der Waals surface area contributed by atoms with E-state index in [4.69, 9.17) is 4.74 Å². The Morgan fingerprint density at radius 3 is 2.72 bits per heavy atom. The molecule has 0 aliphatic heterocycles. The molecule has 0 bridgehead atoms. The minimum atomic E-state index is -0.150. The van der Waals surface area contributed by atoms with Gasteiger partial charge in [-0.1, -0.05) is 11.6 Å². The molecule has 0 aliphatic rings. The second-order valence-electron chi connectivity index (χ2n) is 4.03. The molecule has 0 fully saturated rings. The van der Waals surface area contributed by atoms with Gasteiger partial charge >= 0.3 is 0 Å². The first-order valence-corrected chi connectivity index (χ1v) is 5.61. The number of hydrogen-bond acceptors (Lipinski definition) is 4. The number of aryl methyl sites for hydroxylation is 1. The quantitative estimate of drug-likeness (QED) is 0.776. The summed E-state index contributed by atoms with van der Waals surface area (Å²) in [5.41, 5.74) is 2.66. The summed E-state index contributed by atoms with van der Waals surface area (Å²) in [4.78, 5) is 19.5. The zero-order valence-corrected chi connectivity index (χ0v) is 10.6. The molecule has 1 aromatic carbocycles. The van der Waals surface area contributed by atoms with E-state index in [0.29, 0.717) is 5.69 Å². The highest BCUT2D eigenvalue weighted by atomic mass is 16.5. The van der Waals surface area contributed by atoms with Crippen molar-refractivity contribution in [3.05, 3.63) is 41.9 Å². The summed E-state index contributed by atoms with van der Waals surface area (Å²) in [6, 6.07) is 7.60. The Morgan fingerprint density at radius 1 is 1.28 bits per heavy atom. The van der Waals surface area contributed by atoms with Crippen molar-refractivity contribution < 1.29 is 9.53 Å². The molecule has 0 saturated carbocycles. The molecule has 0 atom stereocenters. The van der Waals surface area contributed by atoms with Crippen LogP contribution in [-0.2, 0) is 0 Å². The van der Waals surface area contributed by atoms with Crippen molar-refractivity contribution in [1.82, 2.24) is 9.97 Å². The van der Waals surface area contributed by atoms with Crippen molar-refractivity contribution in [1.29, 1.82) is 0 Å². The SMILES string of the molecule is COc1ccc(C)cc1-c1ccnc(C(C)=O)n1. The lowest BCUT2D eigenvalue weighted by Gasteiger charge is -2.09. The zero-order chi connectivity index (χ0) is 13.1. The van der Waals surface area contributed by atoms with Gasteiger partial charge in [0.05, 0.1) is 12.8 Å². The molecule has 1 aromatic heterocycles. The number of hydrogen-bond donors (Lipinski definition) is 0. The van der Waals surface area contributed by atoms with E-state index in [1.165, 1.54) is 6.92 Å². The Labute approximate surface area is 106 Å². The molecule has 0 aliphatic carbocycles. The highest BCUT2D eigenvalue weighted by Gasteiger charge is 2.10. The van der Waals surface area contributed by atoms with E-state index < -0.39 is 0 Å². The average Bonchev–Trinajstić information content (AvgIpc) is 2.39. The van der Waals surface area contributed by atoms with Crippen molar-refractivity contribution in [2.45, 2.75) is 13.8 Å². The van der Waals surface area contributed by atoms with E-state index in [1.807, 2.05) is 25.1 Å². The summed E-state index contributed by atoms with van der Waals surface area (Å²) < 4.78 is 5.31. The van der Waals surface area contributed by atoms with Crippen LogP contribution in [0, 0.1) is 6.92 Å². The van der Waals surface area contributed by atoms with Gasteiger partial charge in [-0.05, 0) is 25.1 Å². The minimum Gasteiger partial charge on any atom is -0.496 e. The Balaban J connectivity index is 2.57. The number of carbonyl (C=O) groups is 1. The van der Waals surface area contributed by atoms with Gasteiger partial charge < -0.3 is 4.74 Å². The van der Waals surface area contributed by atoms with E-state index in [9.17, 15) is 4.79 Å². The fourth-order valence-corrected chi connectivity index (χ4v) is 1.70. The Hall–Kier alpha value is -2.23. The molecular weight excluding hydrogens is 228 g/mol. The number of nitrogens with zero attached hydrogens (tertiary/aromatic N) is 2. The third kappa shape index (κ3) is 2.37. The molecule has 92 valence electrons. The molecule has 0 unspecified atom stereocenters. The van der Waals surface area contributed by atoms with E-state index in [-0.39, 0.29) is 11.6 Å². The Morgan fingerprint density at radius 2 is 2.06 bits per heavy atom. The molecule has 0 N–H and O–H groups in total. The monoisotopic (exact) mass is 242 g/mol. The second-order valence-corrected chi connectivity index (χ2v) is 4.03. The molecule has 2 aromatic rings. The molecule has 1 heterocycles. The first-order chi connectivity index (χ1) is 8.61. The number of carbonyl (C=O) groups excluding carboxylic acids is 1. The lowest BCUT2D eigenvalue weighted by Crippen LogP contribution is -2.02. The number of aromatic nitrogens is 2. The van der Waals surface area contributed by atoms with Crippen molar-refractivity contribution >= 4 is 5.78 Å². The van der Waals surface area contributed by atoms with Crippen LogP contribution in [0.3, 0.4) is 0 Å². The van der Waals surface area contributed by atoms with Crippen molar-refractivity contribution in [3.8, 4) is 17.0 Å². The van der Waals surface area contributed by atoms with Gasteiger partial charge in [0.25, 0.3) is 0 Å². The molecule has 0 amide bonds. The van der Waals surface area contributed by atoms with Crippen LogP contribution < -0.4 is 4.74 Å². The van der Waals surface area contributed by atoms with Crippen LogP contribution in [0.4, 0.5) is 0 Å². The number of benzene rings is 1. The van der Waals surface area contributed by atoms with Crippen LogP contribution in [0.5, 0.6) is 5.75 Å². The summed E-state index contributed by atoms with van der Waals surface area (Å²) in [5.74, 6) is 0.799. The van der Waals surface area contributed by atoms with E-state index in [1.54, 1.807) is 19.4 Å². The molecule has 4 heteroatoms. The topological polar surface area (TPSA) is 52.1 Å². The fraction of sp³-hybridized carbons (Fsp3) is 0.214. The van der Waals surface area contributed by atoms with Crippen LogP contribution in [0.15, 0.2) is 30.5 Å².